The summed E-state index contributed by atoms with van der Waals surface area (Å²) in [6.45, 7) is 6.57. The Labute approximate surface area is 294 Å². The predicted molar refractivity (Wildman–Crippen MR) is 177 cm³/mol. The fraction of sp³-hybridized carbons (Fsp3) is 0.500. The molecule has 0 spiro atoms. The number of carbonyl (C=O) groups is 3. The molecule has 1 aliphatic rings. The van der Waals surface area contributed by atoms with Crippen LogP contribution in [0.2, 0.25) is 0 Å². The highest BCUT2D eigenvalue weighted by Crippen LogP contribution is 2.50. The normalized spacial score (nSPS) is 23.1. The lowest BCUT2D eigenvalue weighted by Gasteiger charge is -2.31. The van der Waals surface area contributed by atoms with E-state index in [4.69, 9.17) is 43.2 Å². The van der Waals surface area contributed by atoms with Gasteiger partial charge in [-0.1, -0.05) is 18.2 Å². The van der Waals surface area contributed by atoms with Crippen LogP contribution in [-0.4, -0.2) is 95.5 Å². The predicted octanol–water partition coefficient (Wildman–Crippen LogP) is 2.67. The highest BCUT2D eigenvalue weighted by atomic mass is 31.2. The molecule has 1 fully saturated rings. The van der Waals surface area contributed by atoms with Gasteiger partial charge >= 0.3 is 25.7 Å². The number of esters is 3. The molecular weight excluding hydrogens is 691 g/mol. The minimum absolute atomic E-state index is 0.0863. The smallest absolute Gasteiger partial charge is 0.459 e. The van der Waals surface area contributed by atoms with Gasteiger partial charge in [0.1, 0.15) is 42.4 Å². The monoisotopic (exact) mass is 732 g/mol. The van der Waals surface area contributed by atoms with Gasteiger partial charge in [0.2, 0.25) is 5.60 Å². The summed E-state index contributed by atoms with van der Waals surface area (Å²) >= 11 is 0. The molecule has 1 aliphatic heterocycles. The Kier molecular flexibility index (Phi) is 12.7. The van der Waals surface area contributed by atoms with E-state index in [1.807, 2.05) is 6.07 Å². The Bertz CT molecular complexity index is 1780. The average molecular weight is 733 g/mol. The summed E-state index contributed by atoms with van der Waals surface area (Å²) in [7, 11) is -2.04. The fourth-order valence-electron chi connectivity index (χ4n) is 4.88. The van der Waals surface area contributed by atoms with Gasteiger partial charge in [0.15, 0.2) is 30.2 Å². The zero-order valence-corrected chi connectivity index (χ0v) is 30.0. The Morgan fingerprint density at radius 1 is 1.02 bits per heavy atom. The van der Waals surface area contributed by atoms with Crippen LogP contribution < -0.4 is 15.3 Å². The number of hydrogen-bond acceptors (Lipinski definition) is 16. The van der Waals surface area contributed by atoms with Crippen LogP contribution in [0.3, 0.4) is 0 Å². The largest absolute Gasteiger partial charge is 0.462 e. The van der Waals surface area contributed by atoms with E-state index in [1.165, 1.54) is 58.0 Å². The zero-order chi connectivity index (χ0) is 37.5. The number of rotatable bonds is 16. The summed E-state index contributed by atoms with van der Waals surface area (Å²) in [6, 6.07) is 11.8. The maximum absolute atomic E-state index is 14.4. The Morgan fingerprint density at radius 3 is 2.27 bits per heavy atom. The Hall–Kier alpha value is -4.63. The van der Waals surface area contributed by atoms with Crippen LogP contribution in [0.4, 0.5) is 5.82 Å². The highest BCUT2D eigenvalue weighted by Gasteiger charge is 2.62. The third-order valence-corrected chi connectivity index (χ3v) is 9.35. The molecule has 276 valence electrons. The summed E-state index contributed by atoms with van der Waals surface area (Å²) in [5, 5.41) is 17.6. The van der Waals surface area contributed by atoms with Crippen molar-refractivity contribution >= 4 is 37.0 Å². The summed E-state index contributed by atoms with van der Waals surface area (Å²) in [5.41, 5.74) is 4.27. The Balaban J connectivity index is 1.82. The summed E-state index contributed by atoms with van der Waals surface area (Å²) in [5.74, 6) is -2.41. The minimum atomic E-state index is -4.60. The summed E-state index contributed by atoms with van der Waals surface area (Å²) < 4.78 is 60.9. The summed E-state index contributed by atoms with van der Waals surface area (Å²) in [4.78, 5) is 43.2. The molecule has 0 amide bonds. The number of aromatic nitrogens is 3. The molecule has 2 aromatic heterocycles. The van der Waals surface area contributed by atoms with Crippen molar-refractivity contribution in [1.82, 2.24) is 19.7 Å². The molecule has 0 saturated carbocycles. The average Bonchev–Trinajstić information content (AvgIpc) is 3.66. The molecule has 4 rings (SSSR count). The number of para-hydroxylation sites is 1. The lowest BCUT2D eigenvalue weighted by Crippen LogP contribution is -2.51. The van der Waals surface area contributed by atoms with E-state index >= 15 is 0 Å². The van der Waals surface area contributed by atoms with Gasteiger partial charge in [0.25, 0.3) is 0 Å². The number of nitrogen functional groups attached to an aromatic ring is 1. The van der Waals surface area contributed by atoms with E-state index in [9.17, 15) is 24.2 Å². The van der Waals surface area contributed by atoms with Crippen molar-refractivity contribution in [3.63, 3.8) is 0 Å². The zero-order valence-electron chi connectivity index (χ0n) is 29.1. The molecule has 18 nitrogen and oxygen atoms in total. The van der Waals surface area contributed by atoms with Gasteiger partial charge in [-0.2, -0.15) is 15.4 Å². The number of benzene rings is 1. The Morgan fingerprint density at radius 2 is 1.67 bits per heavy atom. The summed E-state index contributed by atoms with van der Waals surface area (Å²) in [6.07, 6.45) is -6.21. The van der Waals surface area contributed by atoms with Crippen molar-refractivity contribution in [3.05, 3.63) is 54.5 Å². The number of ether oxygens (including phenoxy) is 6. The van der Waals surface area contributed by atoms with E-state index in [1.54, 1.807) is 44.2 Å². The minimum Gasteiger partial charge on any atom is -0.462 e. The van der Waals surface area contributed by atoms with Crippen molar-refractivity contribution < 1.29 is 56.4 Å². The first kappa shape index (κ1) is 39.2. The van der Waals surface area contributed by atoms with Gasteiger partial charge in [-0.05, 0) is 58.9 Å². The molecule has 0 aliphatic carbocycles. The van der Waals surface area contributed by atoms with E-state index < -0.39 is 80.5 Å². The van der Waals surface area contributed by atoms with Gasteiger partial charge in [-0.3, -0.25) is 9.32 Å². The van der Waals surface area contributed by atoms with E-state index in [-0.39, 0.29) is 17.3 Å². The van der Waals surface area contributed by atoms with Crippen molar-refractivity contribution in [3.8, 4) is 11.8 Å². The van der Waals surface area contributed by atoms with Gasteiger partial charge in [0.05, 0.1) is 11.8 Å². The van der Waals surface area contributed by atoms with Crippen LogP contribution in [0, 0.1) is 11.3 Å². The highest BCUT2D eigenvalue weighted by molar-refractivity contribution is 7.52. The molecule has 0 unspecified atom stereocenters. The SMILES string of the molecule is CO[C@H](C)C(=O)O[C@H]1[C@H](c2ccc3c(N)ncnn23)O[C@](C#N)(CO[P@@](=O)(N[C@@H](C)C(=O)OC(C)C)Oc2ccccc2)[C@H]1OC(=O)[C@@H](C)OC. The van der Waals surface area contributed by atoms with E-state index in [0.717, 1.165) is 0 Å². The lowest BCUT2D eigenvalue weighted by atomic mass is 9.95. The molecule has 3 N–H and O–H groups in total. The van der Waals surface area contributed by atoms with Gasteiger partial charge in [0, 0.05) is 14.2 Å². The molecule has 19 heteroatoms. The number of nitrogens with two attached hydrogens (primary N) is 1. The lowest BCUT2D eigenvalue weighted by molar-refractivity contribution is -0.180. The maximum Gasteiger partial charge on any atom is 0.459 e. The number of methoxy groups -OCH3 is 2. The van der Waals surface area contributed by atoms with Crippen LogP contribution in [0.5, 0.6) is 5.75 Å². The van der Waals surface area contributed by atoms with Crippen LogP contribution in [0.15, 0.2) is 48.8 Å². The molecule has 3 aromatic rings. The third-order valence-electron chi connectivity index (χ3n) is 7.73. The quantitative estimate of drug-likeness (QED) is 0.122. The van der Waals surface area contributed by atoms with Crippen LogP contribution >= 0.6 is 7.75 Å². The molecule has 0 bridgehead atoms. The van der Waals surface area contributed by atoms with Crippen molar-refractivity contribution in [2.24, 2.45) is 0 Å². The van der Waals surface area contributed by atoms with Crippen LogP contribution in [0.25, 0.3) is 5.52 Å². The molecular formula is C32H41N6O12P. The molecule has 1 saturated heterocycles. The van der Waals surface area contributed by atoms with Gasteiger partial charge in [-0.15, -0.1) is 0 Å². The first-order chi connectivity index (χ1) is 24.2. The number of nitrogens with zero attached hydrogens (tertiary/aromatic N) is 4. The third kappa shape index (κ3) is 9.00. The molecule has 8 atom stereocenters. The van der Waals surface area contributed by atoms with Crippen LogP contribution in [0.1, 0.15) is 46.4 Å². The first-order valence-corrected chi connectivity index (χ1v) is 17.3. The second kappa shape index (κ2) is 16.6. The topological polar surface area (TPSA) is 234 Å². The maximum atomic E-state index is 14.4. The number of carbonyl (C=O) groups excluding carboxylic acids is 3. The number of hydrogen-bond donors (Lipinski definition) is 2. The molecule has 3 heterocycles. The van der Waals surface area contributed by atoms with Crippen molar-refractivity contribution in [2.45, 2.75) is 82.9 Å². The number of nitrogens with one attached hydrogen (secondary N) is 1. The fourth-order valence-corrected chi connectivity index (χ4v) is 6.41. The van der Waals surface area contributed by atoms with Gasteiger partial charge in [-0.25, -0.2) is 23.7 Å². The van der Waals surface area contributed by atoms with Crippen molar-refractivity contribution in [1.29, 1.82) is 5.26 Å². The standard InChI is InChI=1S/C32H41N6O12P/c1-18(2)46-29(39)19(3)37-51(42,50-22-11-9-8-10-12-22)45-16-32(15-33)27(48-31(41)21(5)44-7)26(47-30(40)20(4)43-6)25(49-32)23-13-14-24-28(34)35-17-36-38(23)24/h8-14,17-21,25-27H,16H2,1-7H3,(H,37,42)(H2,34,35,36)/t19-,20+,21+,25-,26-,27-,32+,51-/m0/s1. The van der Waals surface area contributed by atoms with Gasteiger partial charge < -0.3 is 38.7 Å². The molecule has 0 radical (unpaired) electrons. The first-order valence-electron chi connectivity index (χ1n) is 15.8. The molecule has 1 aromatic carbocycles. The number of nitriles is 1. The van der Waals surface area contributed by atoms with E-state index in [0.29, 0.717) is 5.52 Å². The van der Waals surface area contributed by atoms with E-state index in [2.05, 4.69) is 15.2 Å². The second-order valence-corrected chi connectivity index (χ2v) is 13.5. The van der Waals surface area contributed by atoms with Crippen molar-refractivity contribution in [2.75, 3.05) is 26.6 Å². The second-order valence-electron chi connectivity index (χ2n) is 11.8. The molecule has 51 heavy (non-hydrogen) atoms. The number of anilines is 1. The number of fused-ring (bicyclic) bond motifs is 1. The van der Waals surface area contributed by atoms with Crippen LogP contribution in [-0.2, 0) is 51.9 Å².